The lowest BCUT2D eigenvalue weighted by Crippen LogP contribution is -2.52. The SMILES string of the molecule is N#CC1(NS(=O)(=O)c2ccc3c4c(N5CCN6C(=O)OCC6C5)ncnc4n(-c4nnc(C(F)F)s4)c3c2)CC1. The summed E-state index contributed by atoms with van der Waals surface area (Å²) in [6.07, 6.45) is -1.02. The van der Waals surface area contributed by atoms with Crippen LogP contribution in [0.2, 0.25) is 0 Å². The monoisotopic (exact) mass is 587 g/mol. The van der Waals surface area contributed by atoms with Crippen LogP contribution in [-0.2, 0) is 14.8 Å². The van der Waals surface area contributed by atoms with E-state index < -0.39 is 27.0 Å². The molecule has 1 atom stereocenters. The fourth-order valence-electron chi connectivity index (χ4n) is 5.16. The second-order valence-electron chi connectivity index (χ2n) is 9.80. The number of benzene rings is 1. The first kappa shape index (κ1) is 25.0. The van der Waals surface area contributed by atoms with Gasteiger partial charge in [0.15, 0.2) is 10.7 Å². The molecule has 17 heteroatoms. The first-order valence-corrected chi connectivity index (χ1v) is 14.5. The highest BCUT2D eigenvalue weighted by molar-refractivity contribution is 7.89. The van der Waals surface area contributed by atoms with Crippen LogP contribution < -0.4 is 9.62 Å². The van der Waals surface area contributed by atoms with Crippen molar-refractivity contribution < 1.29 is 26.7 Å². The summed E-state index contributed by atoms with van der Waals surface area (Å²) in [5.74, 6) is 0.543. The third kappa shape index (κ3) is 3.85. The minimum absolute atomic E-state index is 0.0813. The molecule has 1 unspecified atom stereocenters. The largest absolute Gasteiger partial charge is 0.447 e. The van der Waals surface area contributed by atoms with Gasteiger partial charge in [0.05, 0.1) is 27.9 Å². The molecule has 40 heavy (non-hydrogen) atoms. The summed E-state index contributed by atoms with van der Waals surface area (Å²) in [5, 5.41) is 17.7. The highest BCUT2D eigenvalue weighted by atomic mass is 32.2. The summed E-state index contributed by atoms with van der Waals surface area (Å²) in [6, 6.07) is 6.28. The number of rotatable bonds is 6. The number of hydrogen-bond donors (Lipinski definition) is 1. The van der Waals surface area contributed by atoms with Crippen LogP contribution in [0.15, 0.2) is 29.4 Å². The Kier molecular flexibility index (Phi) is 5.46. The molecule has 3 fully saturated rings. The maximum absolute atomic E-state index is 13.4. The van der Waals surface area contributed by atoms with Crippen molar-refractivity contribution in [2.24, 2.45) is 0 Å². The fourth-order valence-corrected chi connectivity index (χ4v) is 7.28. The highest BCUT2D eigenvalue weighted by Crippen LogP contribution is 2.40. The maximum Gasteiger partial charge on any atom is 0.410 e. The smallest absolute Gasteiger partial charge is 0.410 e. The first-order chi connectivity index (χ1) is 19.2. The van der Waals surface area contributed by atoms with E-state index in [-0.39, 0.29) is 28.8 Å². The minimum atomic E-state index is -4.09. The molecule has 1 N–H and O–H groups in total. The summed E-state index contributed by atoms with van der Waals surface area (Å²) < 4.78 is 62.4. The Balaban J connectivity index is 1.41. The van der Waals surface area contributed by atoms with E-state index in [0.29, 0.717) is 71.6 Å². The Labute approximate surface area is 229 Å². The van der Waals surface area contributed by atoms with Gasteiger partial charge in [0.25, 0.3) is 6.43 Å². The standard InChI is InChI=1S/C23H19F2N9O4S2/c24-17(25)20-29-30-21(39-20)34-15-7-13(40(36,37)31-23(10-26)3-4-23)1-2-14(15)16-18(27-11-28-19(16)34)32-5-6-33-12(8-32)9-38-22(33)35/h1-2,7,11-12,17,31H,3-6,8-9H2. The van der Waals surface area contributed by atoms with Crippen molar-refractivity contribution in [3.8, 4) is 11.2 Å². The number of anilines is 1. The molecule has 1 aromatic carbocycles. The summed E-state index contributed by atoms with van der Waals surface area (Å²) in [6.45, 7) is 1.60. The number of amides is 1. The maximum atomic E-state index is 13.4. The molecule has 1 saturated carbocycles. The van der Waals surface area contributed by atoms with Crippen molar-refractivity contribution in [3.05, 3.63) is 29.5 Å². The van der Waals surface area contributed by atoms with Gasteiger partial charge in [-0.1, -0.05) is 17.4 Å². The van der Waals surface area contributed by atoms with Gasteiger partial charge in [-0.15, -0.1) is 10.2 Å². The molecule has 7 rings (SSSR count). The van der Waals surface area contributed by atoms with Crippen molar-refractivity contribution in [2.45, 2.75) is 35.7 Å². The van der Waals surface area contributed by atoms with E-state index in [9.17, 15) is 27.3 Å². The van der Waals surface area contributed by atoms with Gasteiger partial charge in [0, 0.05) is 25.0 Å². The van der Waals surface area contributed by atoms with Crippen LogP contribution in [0.5, 0.6) is 0 Å². The van der Waals surface area contributed by atoms with Gasteiger partial charge in [0.2, 0.25) is 15.2 Å². The predicted molar refractivity (Wildman–Crippen MR) is 137 cm³/mol. The van der Waals surface area contributed by atoms with Crippen molar-refractivity contribution >= 4 is 55.2 Å². The minimum Gasteiger partial charge on any atom is -0.447 e. The van der Waals surface area contributed by atoms with Gasteiger partial charge in [-0.3, -0.25) is 9.47 Å². The van der Waals surface area contributed by atoms with Crippen molar-refractivity contribution in [2.75, 3.05) is 31.1 Å². The number of halogens is 2. The van der Waals surface area contributed by atoms with Gasteiger partial charge < -0.3 is 9.64 Å². The van der Waals surface area contributed by atoms with E-state index in [2.05, 4.69) is 24.9 Å². The number of nitriles is 1. The Morgan fingerprint density at radius 1 is 1.23 bits per heavy atom. The van der Waals surface area contributed by atoms with Crippen LogP contribution in [-0.4, -0.2) is 82.0 Å². The number of nitrogens with one attached hydrogen (secondary N) is 1. The Morgan fingerprint density at radius 3 is 2.77 bits per heavy atom. The number of ether oxygens (including phenoxy) is 1. The molecule has 3 aromatic heterocycles. The van der Waals surface area contributed by atoms with Gasteiger partial charge in [-0.05, 0) is 25.0 Å². The van der Waals surface area contributed by atoms with Gasteiger partial charge in [-0.25, -0.2) is 32.0 Å². The molecule has 0 spiro atoms. The van der Waals surface area contributed by atoms with Gasteiger partial charge in [-0.2, -0.15) is 9.98 Å². The average Bonchev–Trinajstić information content (AvgIpc) is 3.26. The molecule has 1 aliphatic carbocycles. The number of alkyl halides is 2. The Morgan fingerprint density at radius 2 is 2.05 bits per heavy atom. The molecular formula is C23H19F2N9O4S2. The summed E-state index contributed by atoms with van der Waals surface area (Å²) in [5.41, 5.74) is -0.453. The van der Waals surface area contributed by atoms with E-state index in [4.69, 9.17) is 4.74 Å². The molecule has 0 bridgehead atoms. The quantitative estimate of drug-likeness (QED) is 0.355. The molecular weight excluding hydrogens is 568 g/mol. The number of fused-ring (bicyclic) bond motifs is 4. The predicted octanol–water partition coefficient (Wildman–Crippen LogP) is 2.34. The lowest BCUT2D eigenvalue weighted by atomic mass is 10.1. The molecule has 2 aliphatic heterocycles. The number of nitrogens with zero attached hydrogens (tertiary/aromatic N) is 8. The van der Waals surface area contributed by atoms with Gasteiger partial charge in [0.1, 0.15) is 24.3 Å². The number of aromatic nitrogens is 5. The summed E-state index contributed by atoms with van der Waals surface area (Å²) >= 11 is 0.668. The van der Waals surface area contributed by atoms with Gasteiger partial charge >= 0.3 is 6.09 Å². The second kappa shape index (κ2) is 8.74. The van der Waals surface area contributed by atoms with E-state index in [0.717, 1.165) is 0 Å². The van der Waals surface area contributed by atoms with Crippen LogP contribution in [0.3, 0.4) is 0 Å². The third-order valence-electron chi connectivity index (χ3n) is 7.33. The third-order valence-corrected chi connectivity index (χ3v) is 9.78. The Bertz CT molecular complexity index is 1850. The Hall–Kier alpha value is -4.01. The van der Waals surface area contributed by atoms with E-state index >= 15 is 0 Å². The lowest BCUT2D eigenvalue weighted by molar-refractivity contribution is 0.150. The van der Waals surface area contributed by atoms with Crippen molar-refractivity contribution in [1.82, 2.24) is 34.4 Å². The van der Waals surface area contributed by atoms with E-state index in [1.807, 2.05) is 11.0 Å². The molecule has 0 radical (unpaired) electrons. The second-order valence-corrected chi connectivity index (χ2v) is 12.5. The molecule has 5 heterocycles. The number of carbonyl (C=O) groups is 1. The molecule has 4 aromatic rings. The lowest BCUT2D eigenvalue weighted by Gasteiger charge is -2.36. The molecule has 2 saturated heterocycles. The van der Waals surface area contributed by atoms with E-state index in [1.165, 1.54) is 23.0 Å². The van der Waals surface area contributed by atoms with Crippen LogP contribution in [0, 0.1) is 11.3 Å². The topological polar surface area (TPSA) is 159 Å². The van der Waals surface area contributed by atoms with E-state index in [1.54, 1.807) is 11.0 Å². The van der Waals surface area contributed by atoms with Crippen LogP contribution in [0.1, 0.15) is 24.3 Å². The zero-order valence-corrected chi connectivity index (χ0v) is 22.1. The number of hydrogen-bond acceptors (Lipinski definition) is 11. The fraction of sp³-hybridized carbons (Fsp3) is 0.391. The average molecular weight is 588 g/mol. The zero-order valence-electron chi connectivity index (χ0n) is 20.5. The van der Waals surface area contributed by atoms with Crippen LogP contribution in [0.25, 0.3) is 27.1 Å². The number of sulfonamides is 1. The summed E-state index contributed by atoms with van der Waals surface area (Å²) in [4.78, 5) is 24.5. The first-order valence-electron chi connectivity index (χ1n) is 12.2. The number of carbonyl (C=O) groups excluding carboxylic acids is 1. The van der Waals surface area contributed by atoms with Crippen molar-refractivity contribution in [1.29, 1.82) is 5.26 Å². The molecule has 1 amide bonds. The number of cyclic esters (lactones) is 1. The highest BCUT2D eigenvalue weighted by Gasteiger charge is 2.47. The van der Waals surface area contributed by atoms with Crippen LogP contribution in [0.4, 0.5) is 19.4 Å². The van der Waals surface area contributed by atoms with Crippen molar-refractivity contribution in [3.63, 3.8) is 0 Å². The molecule has 206 valence electrons. The molecule has 13 nitrogen and oxygen atoms in total. The zero-order chi connectivity index (χ0) is 27.8. The molecule has 3 aliphatic rings. The number of piperazine rings is 1. The summed E-state index contributed by atoms with van der Waals surface area (Å²) in [7, 11) is -4.09. The van der Waals surface area contributed by atoms with Crippen LogP contribution >= 0.6 is 11.3 Å². The normalized spacial score (nSPS) is 20.2.